The van der Waals surface area contributed by atoms with Gasteiger partial charge in [-0.3, -0.25) is 0 Å². The molecule has 0 radical (unpaired) electrons. The summed E-state index contributed by atoms with van der Waals surface area (Å²) in [5.41, 5.74) is 1.29. The number of carbonyl (C=O) groups is 1. The van der Waals surface area contributed by atoms with Gasteiger partial charge in [-0.15, -0.1) is 11.3 Å². The van der Waals surface area contributed by atoms with Gasteiger partial charge in [0.25, 0.3) is 0 Å². The van der Waals surface area contributed by atoms with Gasteiger partial charge in [-0.2, -0.15) is 0 Å². The molecule has 2 rings (SSSR count). The summed E-state index contributed by atoms with van der Waals surface area (Å²) in [5, 5.41) is 9.75. The van der Waals surface area contributed by atoms with Crippen LogP contribution in [-0.2, 0) is 6.42 Å². The molecule has 17 heavy (non-hydrogen) atoms. The lowest BCUT2D eigenvalue weighted by atomic mass is 10.2. The first-order valence-electron chi connectivity index (χ1n) is 5.00. The van der Waals surface area contributed by atoms with Crippen molar-refractivity contribution in [1.29, 1.82) is 0 Å². The number of benzene rings is 1. The van der Waals surface area contributed by atoms with Crippen molar-refractivity contribution in [2.75, 3.05) is 0 Å². The minimum absolute atomic E-state index is 0.169. The summed E-state index contributed by atoms with van der Waals surface area (Å²) in [5.74, 6) is -0.958. The molecule has 0 aliphatic carbocycles. The van der Waals surface area contributed by atoms with Gasteiger partial charge in [-0.25, -0.2) is 9.78 Å². The second-order valence-corrected chi connectivity index (χ2v) is 5.82. The Bertz CT molecular complexity index is 548. The van der Waals surface area contributed by atoms with Gasteiger partial charge in [0.1, 0.15) is 0 Å². The number of carboxylic acids is 1. The van der Waals surface area contributed by atoms with Gasteiger partial charge in [0.05, 0.1) is 5.01 Å². The molecule has 0 unspecified atom stereocenters. The van der Waals surface area contributed by atoms with Crippen LogP contribution in [0.15, 0.2) is 28.7 Å². The quantitative estimate of drug-likeness (QED) is 0.943. The Labute approximate surface area is 111 Å². The molecule has 1 aromatic heterocycles. The minimum Gasteiger partial charge on any atom is -0.476 e. The summed E-state index contributed by atoms with van der Waals surface area (Å²) in [7, 11) is 0. The normalized spacial score (nSPS) is 10.5. The van der Waals surface area contributed by atoms with Crippen LogP contribution in [-0.4, -0.2) is 16.1 Å². The molecule has 0 saturated carbocycles. The van der Waals surface area contributed by atoms with Crippen LogP contribution in [0.4, 0.5) is 0 Å². The average molecular weight is 312 g/mol. The van der Waals surface area contributed by atoms with Crippen molar-refractivity contribution >= 4 is 33.2 Å². The molecule has 0 aliphatic rings. The molecular formula is C12H10BrNO2S. The van der Waals surface area contributed by atoms with E-state index in [2.05, 4.69) is 20.9 Å². The number of nitrogens with zero attached hydrogens (tertiary/aromatic N) is 1. The Hall–Kier alpha value is -1.20. The maximum Gasteiger partial charge on any atom is 0.355 e. The Morgan fingerprint density at radius 3 is 2.59 bits per heavy atom. The minimum atomic E-state index is -0.958. The largest absolute Gasteiger partial charge is 0.476 e. The van der Waals surface area contributed by atoms with E-state index in [1.54, 1.807) is 6.92 Å². The summed E-state index contributed by atoms with van der Waals surface area (Å²) in [4.78, 5) is 15.8. The van der Waals surface area contributed by atoms with Crippen LogP contribution >= 0.6 is 27.3 Å². The van der Waals surface area contributed by atoms with E-state index in [1.165, 1.54) is 11.3 Å². The molecule has 0 aliphatic heterocycles. The number of hydrogen-bond donors (Lipinski definition) is 1. The lowest BCUT2D eigenvalue weighted by Gasteiger charge is -1.97. The van der Waals surface area contributed by atoms with E-state index in [0.29, 0.717) is 6.42 Å². The van der Waals surface area contributed by atoms with E-state index in [-0.39, 0.29) is 5.69 Å². The number of halogens is 1. The Kier molecular flexibility index (Phi) is 3.59. The molecule has 1 heterocycles. The fraction of sp³-hybridized carbons (Fsp3) is 0.167. The van der Waals surface area contributed by atoms with E-state index >= 15 is 0 Å². The summed E-state index contributed by atoms with van der Waals surface area (Å²) >= 11 is 4.81. The van der Waals surface area contributed by atoms with Gasteiger partial charge >= 0.3 is 5.97 Å². The topological polar surface area (TPSA) is 50.2 Å². The highest BCUT2D eigenvalue weighted by molar-refractivity contribution is 9.10. The number of aromatic carboxylic acids is 1. The van der Waals surface area contributed by atoms with Crippen LogP contribution in [0.25, 0.3) is 0 Å². The number of hydrogen-bond acceptors (Lipinski definition) is 3. The molecule has 88 valence electrons. The number of rotatable bonds is 3. The van der Waals surface area contributed by atoms with Crippen LogP contribution in [0.1, 0.15) is 25.9 Å². The zero-order chi connectivity index (χ0) is 12.4. The third kappa shape index (κ3) is 2.92. The maximum atomic E-state index is 10.9. The molecule has 3 nitrogen and oxygen atoms in total. The first kappa shape index (κ1) is 12.3. The first-order valence-corrected chi connectivity index (χ1v) is 6.61. The van der Waals surface area contributed by atoms with Crippen LogP contribution in [0.2, 0.25) is 0 Å². The van der Waals surface area contributed by atoms with Crippen molar-refractivity contribution in [3.8, 4) is 0 Å². The lowest BCUT2D eigenvalue weighted by Crippen LogP contribution is -1.99. The van der Waals surface area contributed by atoms with E-state index in [1.807, 2.05) is 24.3 Å². The fourth-order valence-corrected chi connectivity index (χ4v) is 2.73. The zero-order valence-electron chi connectivity index (χ0n) is 9.11. The molecule has 0 atom stereocenters. The van der Waals surface area contributed by atoms with Crippen molar-refractivity contribution in [3.63, 3.8) is 0 Å². The van der Waals surface area contributed by atoms with E-state index < -0.39 is 5.97 Å². The summed E-state index contributed by atoms with van der Waals surface area (Å²) in [6, 6.07) is 7.93. The molecule has 1 aromatic carbocycles. The standard InChI is InChI=1S/C12H10BrNO2S/c1-7-11(12(15)16)14-10(17-7)6-8-2-4-9(13)5-3-8/h2-5H,6H2,1H3,(H,15,16). The van der Waals surface area contributed by atoms with E-state index in [4.69, 9.17) is 5.11 Å². The molecule has 1 N–H and O–H groups in total. The number of aromatic nitrogens is 1. The third-order valence-corrected chi connectivity index (χ3v) is 3.81. The molecular weight excluding hydrogens is 302 g/mol. The van der Waals surface area contributed by atoms with Crippen molar-refractivity contribution in [1.82, 2.24) is 4.98 Å². The third-order valence-electron chi connectivity index (χ3n) is 2.31. The van der Waals surface area contributed by atoms with Crippen LogP contribution in [0.3, 0.4) is 0 Å². The highest BCUT2D eigenvalue weighted by Gasteiger charge is 2.13. The summed E-state index contributed by atoms with van der Waals surface area (Å²) in [6.45, 7) is 1.78. The molecule has 0 fully saturated rings. The van der Waals surface area contributed by atoms with Crippen molar-refractivity contribution in [3.05, 3.63) is 49.9 Å². The SMILES string of the molecule is Cc1sc(Cc2ccc(Br)cc2)nc1C(=O)O. The Morgan fingerprint density at radius 1 is 1.41 bits per heavy atom. The number of thiazole rings is 1. The summed E-state index contributed by atoms with van der Waals surface area (Å²) in [6.07, 6.45) is 0.673. The van der Waals surface area contributed by atoms with Crippen LogP contribution < -0.4 is 0 Å². The Balaban J connectivity index is 2.22. The second kappa shape index (κ2) is 4.98. The molecule has 0 spiro atoms. The van der Waals surface area contributed by atoms with Gasteiger partial charge in [0.15, 0.2) is 5.69 Å². The number of aryl methyl sites for hydroxylation is 1. The van der Waals surface area contributed by atoms with E-state index in [9.17, 15) is 4.79 Å². The van der Waals surface area contributed by atoms with Gasteiger partial charge < -0.3 is 5.11 Å². The van der Waals surface area contributed by atoms with Gasteiger partial charge in [-0.1, -0.05) is 28.1 Å². The van der Waals surface area contributed by atoms with Crippen molar-refractivity contribution in [2.45, 2.75) is 13.3 Å². The van der Waals surface area contributed by atoms with Crippen molar-refractivity contribution < 1.29 is 9.90 Å². The molecule has 0 saturated heterocycles. The predicted octanol–water partition coefficient (Wildman–Crippen LogP) is 3.50. The highest BCUT2D eigenvalue weighted by atomic mass is 79.9. The highest BCUT2D eigenvalue weighted by Crippen LogP contribution is 2.21. The Morgan fingerprint density at radius 2 is 2.06 bits per heavy atom. The van der Waals surface area contributed by atoms with Gasteiger partial charge in [-0.05, 0) is 24.6 Å². The molecule has 5 heteroatoms. The second-order valence-electron chi connectivity index (χ2n) is 3.62. The fourth-order valence-electron chi connectivity index (χ4n) is 1.50. The lowest BCUT2D eigenvalue weighted by molar-refractivity contribution is 0.0690. The zero-order valence-corrected chi connectivity index (χ0v) is 11.5. The van der Waals surface area contributed by atoms with Crippen LogP contribution in [0.5, 0.6) is 0 Å². The monoisotopic (exact) mass is 311 g/mol. The molecule has 0 amide bonds. The van der Waals surface area contributed by atoms with Gasteiger partial charge in [0.2, 0.25) is 0 Å². The molecule has 0 bridgehead atoms. The average Bonchev–Trinajstić information content (AvgIpc) is 2.63. The first-order chi connectivity index (χ1) is 8.06. The predicted molar refractivity (Wildman–Crippen MR) is 70.8 cm³/mol. The molecule has 2 aromatic rings. The maximum absolute atomic E-state index is 10.9. The van der Waals surface area contributed by atoms with Gasteiger partial charge in [0, 0.05) is 15.8 Å². The smallest absolute Gasteiger partial charge is 0.355 e. The summed E-state index contributed by atoms with van der Waals surface area (Å²) < 4.78 is 1.03. The van der Waals surface area contributed by atoms with Crippen molar-refractivity contribution in [2.24, 2.45) is 0 Å². The van der Waals surface area contributed by atoms with E-state index in [0.717, 1.165) is 19.9 Å². The van der Waals surface area contributed by atoms with Crippen LogP contribution in [0, 0.1) is 6.92 Å². The number of carboxylic acid groups (broad SMARTS) is 1.